The number of aromatic nitrogens is 2. The topological polar surface area (TPSA) is 30.4 Å². The normalized spacial score (nSPS) is 12.2. The molecule has 0 N–H and O–H groups in total. The van der Waals surface area contributed by atoms with E-state index in [1.54, 1.807) is 0 Å². The summed E-state index contributed by atoms with van der Waals surface area (Å²) in [4.78, 5) is 5.58. The van der Waals surface area contributed by atoms with E-state index in [9.17, 15) is 0 Å². The van der Waals surface area contributed by atoms with Gasteiger partial charge in [-0.15, -0.1) is 11.3 Å². The first kappa shape index (κ1) is 36.7. The average Bonchev–Trinajstić information content (AvgIpc) is 4.10. The summed E-state index contributed by atoms with van der Waals surface area (Å²) in [6, 6.07) is 79.6. The predicted molar refractivity (Wildman–Crippen MR) is 285 cm³/mol. The fourth-order valence-corrected chi connectivity index (χ4v) is 12.3. The van der Waals surface area contributed by atoms with Crippen molar-refractivity contribution in [2.45, 2.75) is 0 Å². The molecule has 0 aliphatic heterocycles. The number of hydrogen-bond acceptors (Lipinski definition) is 3. The van der Waals surface area contributed by atoms with Crippen LogP contribution >= 0.6 is 11.3 Å². The highest BCUT2D eigenvalue weighted by atomic mass is 32.1. The summed E-state index contributed by atoms with van der Waals surface area (Å²) in [6.07, 6.45) is 0. The Morgan fingerprint density at radius 2 is 0.925 bits per heavy atom. The zero-order chi connectivity index (χ0) is 43.7. The molecule has 0 bridgehead atoms. The van der Waals surface area contributed by atoms with Crippen molar-refractivity contribution in [2.75, 3.05) is 0 Å². The lowest BCUT2D eigenvalue weighted by Crippen LogP contribution is -1.93. The van der Waals surface area contributed by atoms with Crippen LogP contribution in [-0.2, 0) is 0 Å². The third kappa shape index (κ3) is 5.36. The van der Waals surface area contributed by atoms with Crippen molar-refractivity contribution in [3.8, 4) is 44.6 Å². The van der Waals surface area contributed by atoms with Gasteiger partial charge in [-0.05, 0) is 89.3 Å². The number of furan rings is 1. The van der Waals surface area contributed by atoms with E-state index < -0.39 is 0 Å². The summed E-state index contributed by atoms with van der Waals surface area (Å²) in [5, 5.41) is 14.7. The van der Waals surface area contributed by atoms with Gasteiger partial charge in [0.05, 0.1) is 21.4 Å². The number of imidazole rings is 1. The van der Waals surface area contributed by atoms with Crippen molar-refractivity contribution in [3.63, 3.8) is 0 Å². The van der Waals surface area contributed by atoms with Crippen molar-refractivity contribution < 1.29 is 4.42 Å². The van der Waals surface area contributed by atoms with Crippen LogP contribution in [0.3, 0.4) is 0 Å². The zero-order valence-electron chi connectivity index (χ0n) is 36.0. The van der Waals surface area contributed by atoms with Crippen molar-refractivity contribution in [1.29, 1.82) is 0 Å². The van der Waals surface area contributed by atoms with Crippen molar-refractivity contribution in [1.82, 2.24) is 9.38 Å². The number of pyridine rings is 1. The Bertz CT molecular complexity index is 4550. The lowest BCUT2D eigenvalue weighted by molar-refractivity contribution is 0.670. The minimum atomic E-state index is 0.914. The van der Waals surface area contributed by atoms with E-state index in [0.717, 1.165) is 61.0 Å². The van der Waals surface area contributed by atoms with E-state index in [4.69, 9.17) is 9.40 Å². The molecule has 0 fully saturated rings. The molecule has 0 aliphatic rings. The summed E-state index contributed by atoms with van der Waals surface area (Å²) in [7, 11) is 0. The van der Waals surface area contributed by atoms with Crippen molar-refractivity contribution >= 4 is 113 Å². The number of fused-ring (bicyclic) bond motifs is 17. The Labute approximate surface area is 388 Å². The van der Waals surface area contributed by atoms with E-state index >= 15 is 0 Å². The average molecular weight is 869 g/mol. The van der Waals surface area contributed by atoms with Crippen molar-refractivity contribution in [2.24, 2.45) is 0 Å². The van der Waals surface area contributed by atoms with E-state index in [2.05, 4.69) is 211 Å². The summed E-state index contributed by atoms with van der Waals surface area (Å²) in [5.74, 6) is 0. The molecule has 0 saturated carbocycles. The maximum absolute atomic E-state index is 6.39. The lowest BCUT2D eigenvalue weighted by Gasteiger charge is -2.14. The van der Waals surface area contributed by atoms with Crippen LogP contribution in [0.4, 0.5) is 0 Å². The Hall–Kier alpha value is -8.57. The second-order valence-electron chi connectivity index (χ2n) is 17.8. The number of para-hydroxylation sites is 2. The third-order valence-corrected chi connectivity index (χ3v) is 15.5. The molecule has 0 unspecified atom stereocenters. The first-order chi connectivity index (χ1) is 33.2. The first-order valence-electron chi connectivity index (χ1n) is 22.9. The molecule has 4 heteroatoms. The number of rotatable bonds is 4. The molecular weight excluding hydrogens is 833 g/mol. The second kappa shape index (κ2) is 14.0. The Kier molecular flexibility index (Phi) is 7.66. The van der Waals surface area contributed by atoms with Gasteiger partial charge >= 0.3 is 0 Å². The van der Waals surface area contributed by atoms with Crippen LogP contribution in [0.25, 0.3) is 147 Å². The fourth-order valence-electron chi connectivity index (χ4n) is 11.0. The third-order valence-electron chi connectivity index (χ3n) is 14.2. The molecule has 15 aromatic rings. The van der Waals surface area contributed by atoms with Gasteiger partial charge in [0, 0.05) is 37.2 Å². The highest BCUT2D eigenvalue weighted by Gasteiger charge is 2.21. The molecule has 3 nitrogen and oxygen atoms in total. The highest BCUT2D eigenvalue weighted by Crippen LogP contribution is 2.45. The molecule has 0 amide bonds. The summed E-state index contributed by atoms with van der Waals surface area (Å²) in [6.45, 7) is 0. The summed E-state index contributed by atoms with van der Waals surface area (Å²) >= 11 is 1.86. The number of hydrogen-bond donors (Lipinski definition) is 0. The Morgan fingerprint density at radius 3 is 1.66 bits per heavy atom. The van der Waals surface area contributed by atoms with Gasteiger partial charge in [-0.25, -0.2) is 4.98 Å². The van der Waals surface area contributed by atoms with Gasteiger partial charge in [-0.1, -0.05) is 200 Å². The fraction of sp³-hybridized carbons (Fsp3) is 0. The zero-order valence-corrected chi connectivity index (χ0v) is 36.8. The minimum absolute atomic E-state index is 0.914. The molecule has 0 spiro atoms. The predicted octanol–water partition coefficient (Wildman–Crippen LogP) is 18.0. The highest BCUT2D eigenvalue weighted by molar-refractivity contribution is 7.27. The molecule has 4 heterocycles. The first-order valence-corrected chi connectivity index (χ1v) is 23.7. The molecule has 11 aromatic carbocycles. The molecular formula is C63H36N2OS. The van der Waals surface area contributed by atoms with E-state index in [1.807, 2.05) is 23.5 Å². The Morgan fingerprint density at radius 1 is 0.358 bits per heavy atom. The second-order valence-corrected chi connectivity index (χ2v) is 18.8. The summed E-state index contributed by atoms with van der Waals surface area (Å²) in [5.41, 5.74) is 14.3. The maximum atomic E-state index is 6.39. The van der Waals surface area contributed by atoms with Gasteiger partial charge in [0.15, 0.2) is 5.65 Å². The smallest absolute Gasteiger partial charge is 0.156 e. The molecule has 0 atom stereocenters. The summed E-state index contributed by atoms with van der Waals surface area (Å²) < 4.78 is 11.3. The van der Waals surface area contributed by atoms with Crippen LogP contribution < -0.4 is 0 Å². The molecule has 4 aromatic heterocycles. The quantitative estimate of drug-likeness (QED) is 0.165. The van der Waals surface area contributed by atoms with Gasteiger partial charge in [-0.3, -0.25) is 4.40 Å². The van der Waals surface area contributed by atoms with E-state index in [0.29, 0.717) is 0 Å². The SMILES string of the molecule is c1ccc2c(c1)ccc1c2ccc2c1nc1c3sc4c5ccccc5ccc4c3cc(-c3ccc(-c4ccc(-c5ccc(-c6cccc7c6oc6ccccc67)cc5)c5ccccc45)cc3)n21. The molecule has 0 saturated heterocycles. The van der Waals surface area contributed by atoms with Gasteiger partial charge in [0.25, 0.3) is 0 Å². The van der Waals surface area contributed by atoms with Gasteiger partial charge in [0.2, 0.25) is 0 Å². The van der Waals surface area contributed by atoms with Crippen molar-refractivity contribution in [3.05, 3.63) is 218 Å². The van der Waals surface area contributed by atoms with Gasteiger partial charge < -0.3 is 4.42 Å². The number of thiophene rings is 1. The molecule has 0 aliphatic carbocycles. The van der Waals surface area contributed by atoms with Crippen LogP contribution in [0.15, 0.2) is 223 Å². The van der Waals surface area contributed by atoms with Gasteiger partial charge in [0.1, 0.15) is 11.2 Å². The Balaban J connectivity index is 0.863. The largest absolute Gasteiger partial charge is 0.455 e. The molecule has 310 valence electrons. The molecule has 67 heavy (non-hydrogen) atoms. The van der Waals surface area contributed by atoms with Crippen LogP contribution in [-0.4, -0.2) is 9.38 Å². The maximum Gasteiger partial charge on any atom is 0.156 e. The van der Waals surface area contributed by atoms with E-state index in [-0.39, 0.29) is 0 Å². The number of benzene rings is 11. The number of nitrogens with zero attached hydrogens (tertiary/aromatic N) is 2. The minimum Gasteiger partial charge on any atom is -0.455 e. The molecule has 0 radical (unpaired) electrons. The van der Waals surface area contributed by atoms with Crippen LogP contribution in [0.2, 0.25) is 0 Å². The van der Waals surface area contributed by atoms with E-state index in [1.165, 1.54) is 85.5 Å². The van der Waals surface area contributed by atoms with Crippen LogP contribution in [0, 0.1) is 0 Å². The monoisotopic (exact) mass is 868 g/mol. The van der Waals surface area contributed by atoms with Crippen LogP contribution in [0.5, 0.6) is 0 Å². The van der Waals surface area contributed by atoms with Crippen LogP contribution in [0.1, 0.15) is 0 Å². The molecule has 15 rings (SSSR count). The van der Waals surface area contributed by atoms with Gasteiger partial charge in [-0.2, -0.15) is 0 Å². The lowest BCUT2D eigenvalue weighted by atomic mass is 9.91. The standard InChI is InChI=1S/C63H36N2OS/c1-3-12-43-37(10-1)28-30-52-50(43)34-35-56-59(52)64-63-62-55(54-31-29-38-11-2-4-13-47(38)61(54)67-62)36-57(65(56)63)42-26-24-40(25-27-42)45-33-32-44(48-14-5-6-15-49(45)48)39-20-22-41(23-21-39)46-17-9-18-53-51-16-7-8-19-58(51)66-60(46)53/h1-36H.